The molecule has 0 aromatic heterocycles. The van der Waals surface area contributed by atoms with Gasteiger partial charge in [-0.2, -0.15) is 10.2 Å². The number of hydrogen-bond acceptors (Lipinski definition) is 4. The van der Waals surface area contributed by atoms with E-state index >= 15 is 0 Å². The van der Waals surface area contributed by atoms with Gasteiger partial charge in [-0.3, -0.25) is 4.79 Å². The minimum Gasteiger partial charge on any atom is -0.389 e. The molecule has 1 aliphatic carbocycles. The van der Waals surface area contributed by atoms with E-state index in [9.17, 15) is 9.90 Å². The Kier molecular flexibility index (Phi) is 3.81. The molecule has 0 bridgehead atoms. The van der Waals surface area contributed by atoms with Crippen LogP contribution in [0.25, 0.3) is 0 Å². The Morgan fingerprint density at radius 3 is 2.55 bits per heavy atom. The predicted molar refractivity (Wildman–Crippen MR) is 90.3 cm³/mol. The number of benzene rings is 1. The van der Waals surface area contributed by atoms with E-state index in [0.717, 1.165) is 21.5 Å². The average Bonchev–Trinajstić information content (AvgIpc) is 2.77. The minimum absolute atomic E-state index is 0.00954. The van der Waals surface area contributed by atoms with Gasteiger partial charge in [-0.1, -0.05) is 28.1 Å². The lowest BCUT2D eigenvalue weighted by atomic mass is 9.59. The maximum absolute atomic E-state index is 12.3. The third-order valence-corrected chi connectivity index (χ3v) is 5.29. The second-order valence-corrected chi connectivity index (χ2v) is 7.43. The van der Waals surface area contributed by atoms with Gasteiger partial charge in [0.15, 0.2) is 0 Å². The minimum atomic E-state index is -1.10. The van der Waals surface area contributed by atoms with Crippen molar-refractivity contribution in [2.45, 2.75) is 38.7 Å². The van der Waals surface area contributed by atoms with E-state index in [1.165, 1.54) is 0 Å². The van der Waals surface area contributed by atoms with Crippen LogP contribution in [0.1, 0.15) is 38.7 Å². The summed E-state index contributed by atoms with van der Waals surface area (Å²) < 4.78 is 0.990. The molecular weight excluding hydrogens is 344 g/mol. The van der Waals surface area contributed by atoms with Gasteiger partial charge in [-0.25, -0.2) is 0 Å². The molecule has 1 N–H and O–H groups in total. The van der Waals surface area contributed by atoms with Crippen LogP contribution in [-0.2, 0) is 4.79 Å². The van der Waals surface area contributed by atoms with E-state index in [4.69, 9.17) is 0 Å². The zero-order chi connectivity index (χ0) is 16.1. The zero-order valence-corrected chi connectivity index (χ0v) is 14.5. The van der Waals surface area contributed by atoms with Gasteiger partial charge in [0.05, 0.1) is 17.2 Å². The Hall–Kier alpha value is -1.33. The Morgan fingerprint density at radius 2 is 1.95 bits per heavy atom. The lowest BCUT2D eigenvalue weighted by molar-refractivity contribution is -0.131. The van der Waals surface area contributed by atoms with Crippen molar-refractivity contribution in [3.63, 3.8) is 0 Å². The largest absolute Gasteiger partial charge is 0.389 e. The summed E-state index contributed by atoms with van der Waals surface area (Å²) in [6.45, 7) is 5.25. The van der Waals surface area contributed by atoms with E-state index < -0.39 is 11.5 Å². The smallest absolute Gasteiger partial charge is 0.136 e. The monoisotopic (exact) mass is 362 g/mol. The molecule has 2 aliphatic rings. The van der Waals surface area contributed by atoms with Gasteiger partial charge in [-0.15, -0.1) is 0 Å². The first-order valence-corrected chi connectivity index (χ1v) is 8.20. The van der Waals surface area contributed by atoms with Crippen LogP contribution < -0.4 is 0 Å². The van der Waals surface area contributed by atoms with E-state index in [0.29, 0.717) is 6.42 Å². The quantitative estimate of drug-likeness (QED) is 0.876. The van der Waals surface area contributed by atoms with Gasteiger partial charge in [0.2, 0.25) is 0 Å². The molecule has 1 aromatic rings. The van der Waals surface area contributed by atoms with Crippen LogP contribution in [0.5, 0.6) is 0 Å². The standard InChI is InChI=1S/C17H19BrN2O2/c1-9-14-13(20-19-9)8-17(3,22)16(10(2)21)15(14)11-4-6-12(18)7-5-11/h4-7,14-16,22H,8H2,1-3H3/t14-,15-,16-,17-/m1/s1. The Balaban J connectivity index is 2.14. The van der Waals surface area contributed by atoms with Crippen LogP contribution in [0.15, 0.2) is 38.9 Å². The molecular formula is C17H19BrN2O2. The number of fused-ring (bicyclic) bond motifs is 1. The van der Waals surface area contributed by atoms with Crippen molar-refractivity contribution in [2.75, 3.05) is 0 Å². The molecule has 5 heteroatoms. The first-order valence-electron chi connectivity index (χ1n) is 7.40. The highest BCUT2D eigenvalue weighted by molar-refractivity contribution is 9.10. The van der Waals surface area contributed by atoms with Crippen molar-refractivity contribution in [1.82, 2.24) is 0 Å². The van der Waals surface area contributed by atoms with Crippen LogP contribution in [0.3, 0.4) is 0 Å². The molecule has 4 atom stereocenters. The molecule has 1 saturated carbocycles. The maximum Gasteiger partial charge on any atom is 0.136 e. The second kappa shape index (κ2) is 5.39. The van der Waals surface area contributed by atoms with Crippen molar-refractivity contribution in [3.05, 3.63) is 34.3 Å². The van der Waals surface area contributed by atoms with Crippen molar-refractivity contribution >= 4 is 33.1 Å². The normalized spacial score (nSPS) is 34.0. The topological polar surface area (TPSA) is 62.0 Å². The van der Waals surface area contributed by atoms with E-state index in [2.05, 4.69) is 26.1 Å². The fourth-order valence-corrected chi connectivity index (χ4v) is 4.20. The molecule has 0 radical (unpaired) electrons. The van der Waals surface area contributed by atoms with Gasteiger partial charge in [0, 0.05) is 28.4 Å². The van der Waals surface area contributed by atoms with Crippen molar-refractivity contribution in [1.29, 1.82) is 0 Å². The van der Waals surface area contributed by atoms with E-state index in [-0.39, 0.29) is 17.6 Å². The van der Waals surface area contributed by atoms with Crippen LogP contribution in [0.2, 0.25) is 0 Å². The Morgan fingerprint density at radius 1 is 1.32 bits per heavy atom. The van der Waals surface area contributed by atoms with Crippen LogP contribution in [0.4, 0.5) is 0 Å². The van der Waals surface area contributed by atoms with Crippen molar-refractivity contribution < 1.29 is 9.90 Å². The molecule has 3 rings (SSSR count). The number of halogens is 1. The summed E-state index contributed by atoms with van der Waals surface area (Å²) >= 11 is 3.44. The number of carbonyl (C=O) groups is 1. The van der Waals surface area contributed by atoms with Crippen LogP contribution >= 0.6 is 15.9 Å². The fourth-order valence-electron chi connectivity index (χ4n) is 3.94. The summed E-state index contributed by atoms with van der Waals surface area (Å²) in [5.74, 6) is -0.563. The molecule has 4 nitrogen and oxygen atoms in total. The van der Waals surface area contributed by atoms with Gasteiger partial charge >= 0.3 is 0 Å². The number of carbonyl (C=O) groups excluding carboxylic acids is 1. The molecule has 22 heavy (non-hydrogen) atoms. The number of rotatable bonds is 2. The molecule has 0 amide bonds. The fraction of sp³-hybridized carbons (Fsp3) is 0.471. The van der Waals surface area contributed by atoms with E-state index in [1.807, 2.05) is 31.2 Å². The lowest BCUT2D eigenvalue weighted by Crippen LogP contribution is -2.53. The summed E-state index contributed by atoms with van der Waals surface area (Å²) in [5.41, 5.74) is 1.74. The molecule has 1 aliphatic heterocycles. The highest BCUT2D eigenvalue weighted by Gasteiger charge is 2.53. The highest BCUT2D eigenvalue weighted by atomic mass is 79.9. The van der Waals surface area contributed by atoms with Crippen molar-refractivity contribution in [2.24, 2.45) is 22.0 Å². The first kappa shape index (κ1) is 15.6. The third kappa shape index (κ3) is 2.46. The van der Waals surface area contributed by atoms with Gasteiger partial charge < -0.3 is 5.11 Å². The Bertz CT molecular complexity index is 676. The first-order chi connectivity index (χ1) is 10.3. The van der Waals surface area contributed by atoms with Gasteiger partial charge in [-0.05, 0) is 38.5 Å². The molecule has 0 unspecified atom stereocenters. The second-order valence-electron chi connectivity index (χ2n) is 6.51. The summed E-state index contributed by atoms with van der Waals surface area (Å²) in [7, 11) is 0. The molecule has 1 fully saturated rings. The number of hydrogen-bond donors (Lipinski definition) is 1. The molecule has 1 heterocycles. The third-order valence-electron chi connectivity index (χ3n) is 4.77. The average molecular weight is 363 g/mol. The summed E-state index contributed by atoms with van der Waals surface area (Å²) in [6, 6.07) is 7.95. The molecule has 116 valence electrons. The number of Topliss-reactive ketones (excluding diaryl/α,β-unsaturated/α-hetero) is 1. The van der Waals surface area contributed by atoms with E-state index in [1.54, 1.807) is 13.8 Å². The SMILES string of the molecule is CC(=O)[C@@H]1[C@H](c2ccc(Br)cc2)[C@@H]2C(C)=NN=C2C[C@@]1(C)O. The lowest BCUT2D eigenvalue weighted by Gasteiger charge is -2.45. The van der Waals surface area contributed by atoms with Gasteiger partial charge in [0.25, 0.3) is 0 Å². The maximum atomic E-state index is 12.3. The predicted octanol–water partition coefficient (Wildman–Crippen LogP) is 3.34. The highest BCUT2D eigenvalue weighted by Crippen LogP contribution is 2.48. The zero-order valence-electron chi connectivity index (χ0n) is 12.9. The van der Waals surface area contributed by atoms with Gasteiger partial charge in [0.1, 0.15) is 5.78 Å². The Labute approximate surface area is 138 Å². The van der Waals surface area contributed by atoms with Crippen molar-refractivity contribution in [3.8, 4) is 0 Å². The number of nitrogens with zero attached hydrogens (tertiary/aromatic N) is 2. The number of aliphatic hydroxyl groups is 1. The summed E-state index contributed by atoms with van der Waals surface area (Å²) in [4.78, 5) is 12.3. The number of ketones is 1. The summed E-state index contributed by atoms with van der Waals surface area (Å²) in [6.07, 6.45) is 0.399. The molecule has 0 saturated heterocycles. The molecule has 1 aromatic carbocycles. The van der Waals surface area contributed by atoms with Crippen LogP contribution in [0, 0.1) is 11.8 Å². The van der Waals surface area contributed by atoms with Crippen LogP contribution in [-0.4, -0.2) is 27.9 Å². The summed E-state index contributed by atoms with van der Waals surface area (Å²) in [5, 5.41) is 19.3. The molecule has 0 spiro atoms.